The van der Waals surface area contributed by atoms with E-state index < -0.39 is 0 Å². The molecular formula is C12H20N2O. The Balaban J connectivity index is 1.74. The SMILES string of the molecule is O=C1CC2CCCC(CN1)N2CC1CC1. The van der Waals surface area contributed by atoms with Crippen molar-refractivity contribution in [1.82, 2.24) is 10.2 Å². The molecule has 3 heteroatoms. The van der Waals surface area contributed by atoms with E-state index in [-0.39, 0.29) is 5.91 Å². The first-order chi connectivity index (χ1) is 7.33. The minimum absolute atomic E-state index is 0.269. The second-order valence-electron chi connectivity index (χ2n) is 5.39. The van der Waals surface area contributed by atoms with E-state index in [2.05, 4.69) is 10.2 Å². The summed E-state index contributed by atoms with van der Waals surface area (Å²) in [6.45, 7) is 2.15. The molecule has 2 atom stereocenters. The Hall–Kier alpha value is -0.570. The molecule has 2 heterocycles. The number of nitrogens with zero attached hydrogens (tertiary/aromatic N) is 1. The van der Waals surface area contributed by atoms with E-state index in [0.29, 0.717) is 12.1 Å². The highest BCUT2D eigenvalue weighted by Crippen LogP contribution is 2.35. The van der Waals surface area contributed by atoms with Gasteiger partial charge in [-0.15, -0.1) is 0 Å². The molecule has 2 unspecified atom stereocenters. The summed E-state index contributed by atoms with van der Waals surface area (Å²) in [5.74, 6) is 1.21. The number of hydrogen-bond acceptors (Lipinski definition) is 2. The maximum Gasteiger partial charge on any atom is 0.221 e. The lowest BCUT2D eigenvalue weighted by molar-refractivity contribution is -0.121. The smallest absolute Gasteiger partial charge is 0.221 e. The van der Waals surface area contributed by atoms with Gasteiger partial charge < -0.3 is 5.32 Å². The summed E-state index contributed by atoms with van der Waals surface area (Å²) in [6.07, 6.45) is 7.39. The molecule has 2 bridgehead atoms. The zero-order valence-electron chi connectivity index (χ0n) is 9.24. The summed E-state index contributed by atoms with van der Waals surface area (Å²) in [5, 5.41) is 3.06. The molecule has 3 nitrogen and oxygen atoms in total. The summed E-state index contributed by atoms with van der Waals surface area (Å²) < 4.78 is 0. The third-order valence-electron chi connectivity index (χ3n) is 4.13. The van der Waals surface area contributed by atoms with Gasteiger partial charge in [-0.05, 0) is 31.6 Å². The average molecular weight is 208 g/mol. The van der Waals surface area contributed by atoms with Crippen LogP contribution in [0.2, 0.25) is 0 Å². The molecule has 1 saturated carbocycles. The van der Waals surface area contributed by atoms with Gasteiger partial charge in [0.1, 0.15) is 0 Å². The first-order valence-corrected chi connectivity index (χ1v) is 6.35. The third-order valence-corrected chi connectivity index (χ3v) is 4.13. The maximum atomic E-state index is 11.5. The van der Waals surface area contributed by atoms with Gasteiger partial charge in [-0.1, -0.05) is 6.42 Å². The van der Waals surface area contributed by atoms with Gasteiger partial charge in [0.05, 0.1) is 0 Å². The van der Waals surface area contributed by atoms with Gasteiger partial charge in [-0.2, -0.15) is 0 Å². The normalized spacial score (nSPS) is 37.2. The van der Waals surface area contributed by atoms with Gasteiger partial charge in [-0.25, -0.2) is 0 Å². The van der Waals surface area contributed by atoms with E-state index >= 15 is 0 Å². The summed E-state index contributed by atoms with van der Waals surface area (Å²) in [4.78, 5) is 14.2. The summed E-state index contributed by atoms with van der Waals surface area (Å²) in [5.41, 5.74) is 0. The Labute approximate surface area is 91.2 Å². The van der Waals surface area contributed by atoms with Crippen molar-refractivity contribution in [3.63, 3.8) is 0 Å². The van der Waals surface area contributed by atoms with Crippen molar-refractivity contribution in [3.05, 3.63) is 0 Å². The number of carbonyl (C=O) groups excluding carboxylic acids is 1. The first-order valence-electron chi connectivity index (χ1n) is 6.35. The molecule has 3 rings (SSSR count). The molecule has 0 aromatic heterocycles. The summed E-state index contributed by atoms with van der Waals surface area (Å²) in [6, 6.07) is 1.18. The Morgan fingerprint density at radius 1 is 1.20 bits per heavy atom. The van der Waals surface area contributed by atoms with Gasteiger partial charge >= 0.3 is 0 Å². The van der Waals surface area contributed by atoms with Gasteiger partial charge in [0.2, 0.25) is 5.91 Å². The molecule has 0 spiro atoms. The Bertz CT molecular complexity index is 262. The van der Waals surface area contributed by atoms with Crippen LogP contribution in [0.5, 0.6) is 0 Å². The fourth-order valence-corrected chi connectivity index (χ4v) is 3.07. The van der Waals surface area contributed by atoms with Crippen LogP contribution in [0.15, 0.2) is 0 Å². The van der Waals surface area contributed by atoms with Crippen LogP contribution in [-0.2, 0) is 4.79 Å². The molecule has 0 aromatic rings. The molecule has 1 amide bonds. The second-order valence-corrected chi connectivity index (χ2v) is 5.39. The number of hydrogen-bond donors (Lipinski definition) is 1. The van der Waals surface area contributed by atoms with Crippen LogP contribution in [-0.4, -0.2) is 36.0 Å². The minimum Gasteiger partial charge on any atom is -0.354 e. The van der Waals surface area contributed by atoms with Crippen LogP contribution in [0.25, 0.3) is 0 Å². The molecule has 15 heavy (non-hydrogen) atoms. The maximum absolute atomic E-state index is 11.5. The largest absolute Gasteiger partial charge is 0.354 e. The molecule has 1 aliphatic carbocycles. The van der Waals surface area contributed by atoms with Crippen molar-refractivity contribution in [1.29, 1.82) is 0 Å². The Morgan fingerprint density at radius 2 is 2.00 bits per heavy atom. The molecule has 3 fully saturated rings. The van der Waals surface area contributed by atoms with Crippen molar-refractivity contribution in [2.75, 3.05) is 13.1 Å². The lowest BCUT2D eigenvalue weighted by atomic mass is 9.94. The van der Waals surface area contributed by atoms with Crippen molar-refractivity contribution >= 4 is 5.91 Å². The van der Waals surface area contributed by atoms with Gasteiger partial charge in [0.25, 0.3) is 0 Å². The predicted octanol–water partition coefficient (Wildman–Crippen LogP) is 1.14. The standard InChI is InChI=1S/C12H20N2O/c15-12-6-10-2-1-3-11(7-13-12)14(10)8-9-4-5-9/h9-11H,1-8H2,(H,13,15). The van der Waals surface area contributed by atoms with E-state index in [0.717, 1.165) is 18.9 Å². The lowest BCUT2D eigenvalue weighted by Gasteiger charge is -2.40. The molecular weight excluding hydrogens is 188 g/mol. The molecule has 2 saturated heterocycles. The quantitative estimate of drug-likeness (QED) is 0.738. The molecule has 0 radical (unpaired) electrons. The van der Waals surface area contributed by atoms with Crippen molar-refractivity contribution in [2.45, 2.75) is 50.6 Å². The fraction of sp³-hybridized carbons (Fsp3) is 0.917. The summed E-state index contributed by atoms with van der Waals surface area (Å²) in [7, 11) is 0. The molecule has 3 aliphatic rings. The number of fused-ring (bicyclic) bond motifs is 2. The monoisotopic (exact) mass is 208 g/mol. The van der Waals surface area contributed by atoms with E-state index in [4.69, 9.17) is 0 Å². The van der Waals surface area contributed by atoms with E-state index in [9.17, 15) is 4.79 Å². The third kappa shape index (κ3) is 2.03. The van der Waals surface area contributed by atoms with Crippen LogP contribution < -0.4 is 5.32 Å². The zero-order chi connectivity index (χ0) is 10.3. The van der Waals surface area contributed by atoms with Crippen LogP contribution in [0.4, 0.5) is 0 Å². The van der Waals surface area contributed by atoms with E-state index in [1.54, 1.807) is 0 Å². The molecule has 84 valence electrons. The minimum atomic E-state index is 0.269. The highest BCUT2D eigenvalue weighted by atomic mass is 16.1. The highest BCUT2D eigenvalue weighted by Gasteiger charge is 2.37. The highest BCUT2D eigenvalue weighted by molar-refractivity contribution is 5.77. The summed E-state index contributed by atoms with van der Waals surface area (Å²) >= 11 is 0. The van der Waals surface area contributed by atoms with Gasteiger partial charge in [0, 0.05) is 31.6 Å². The molecule has 2 aliphatic heterocycles. The number of rotatable bonds is 2. The predicted molar refractivity (Wildman–Crippen MR) is 58.5 cm³/mol. The van der Waals surface area contributed by atoms with Crippen molar-refractivity contribution < 1.29 is 4.79 Å². The molecule has 1 N–H and O–H groups in total. The molecule has 0 aromatic carbocycles. The Morgan fingerprint density at radius 3 is 2.80 bits per heavy atom. The van der Waals surface area contributed by atoms with Crippen LogP contribution in [0, 0.1) is 5.92 Å². The average Bonchev–Trinajstić information content (AvgIpc) is 3.02. The van der Waals surface area contributed by atoms with Crippen LogP contribution >= 0.6 is 0 Å². The van der Waals surface area contributed by atoms with E-state index in [1.165, 1.54) is 38.6 Å². The van der Waals surface area contributed by atoms with Crippen LogP contribution in [0.1, 0.15) is 38.5 Å². The van der Waals surface area contributed by atoms with Gasteiger partial charge in [0.15, 0.2) is 0 Å². The van der Waals surface area contributed by atoms with Crippen LogP contribution in [0.3, 0.4) is 0 Å². The number of amides is 1. The number of carbonyl (C=O) groups is 1. The van der Waals surface area contributed by atoms with Gasteiger partial charge in [-0.3, -0.25) is 9.69 Å². The van der Waals surface area contributed by atoms with Crippen molar-refractivity contribution in [2.24, 2.45) is 5.92 Å². The van der Waals surface area contributed by atoms with E-state index in [1.807, 2.05) is 0 Å². The number of nitrogens with one attached hydrogen (secondary N) is 1. The zero-order valence-corrected chi connectivity index (χ0v) is 9.24. The Kier molecular flexibility index (Phi) is 2.43. The lowest BCUT2D eigenvalue weighted by Crippen LogP contribution is -2.48. The van der Waals surface area contributed by atoms with Crippen molar-refractivity contribution in [3.8, 4) is 0 Å². The second kappa shape index (κ2) is 3.78. The topological polar surface area (TPSA) is 32.3 Å². The number of piperidine rings is 1. The fourth-order valence-electron chi connectivity index (χ4n) is 3.07. The first kappa shape index (κ1) is 9.64.